The zero-order chi connectivity index (χ0) is 15.2. The lowest BCUT2D eigenvalue weighted by Crippen LogP contribution is -2.46. The van der Waals surface area contributed by atoms with E-state index in [0.717, 1.165) is 38.4 Å². The van der Waals surface area contributed by atoms with Crippen LogP contribution in [-0.4, -0.2) is 43.5 Å². The number of carbonyl (C=O) groups is 1. The third-order valence-corrected chi connectivity index (χ3v) is 3.93. The maximum absolute atomic E-state index is 11.4. The van der Waals surface area contributed by atoms with Gasteiger partial charge >= 0.3 is 0 Å². The molecule has 1 aromatic carbocycles. The molecular weight excluding hydrogens is 288 g/mol. The predicted molar refractivity (Wildman–Crippen MR) is 84.6 cm³/mol. The van der Waals surface area contributed by atoms with Gasteiger partial charge in [-0.3, -0.25) is 4.79 Å². The summed E-state index contributed by atoms with van der Waals surface area (Å²) < 4.78 is 0. The van der Waals surface area contributed by atoms with Crippen molar-refractivity contribution in [3.63, 3.8) is 0 Å². The van der Waals surface area contributed by atoms with Crippen LogP contribution in [0.5, 0.6) is 0 Å². The number of halogens is 1. The highest BCUT2D eigenvalue weighted by Crippen LogP contribution is 2.29. The van der Waals surface area contributed by atoms with Crippen molar-refractivity contribution >= 4 is 28.9 Å². The summed E-state index contributed by atoms with van der Waals surface area (Å²) in [5.41, 5.74) is 1.61. The Hall–Kier alpha value is -1.77. The molecule has 0 aromatic heterocycles. The summed E-state index contributed by atoms with van der Waals surface area (Å²) in [5.74, 6) is -0.321. The first kappa shape index (κ1) is 15.6. The number of likely N-dealkylation sites (N-methyl/N-ethyl adjacent to an activating group) is 1. The number of hydrogen-bond donors (Lipinski definition) is 1. The number of piperazine rings is 1. The van der Waals surface area contributed by atoms with Crippen molar-refractivity contribution in [1.29, 1.82) is 5.26 Å². The van der Waals surface area contributed by atoms with Gasteiger partial charge in [-0.2, -0.15) is 5.26 Å². The number of hydrogen-bond acceptors (Lipinski definition) is 4. The van der Waals surface area contributed by atoms with E-state index < -0.39 is 0 Å². The normalized spacial score (nSPS) is 15.6. The van der Waals surface area contributed by atoms with Gasteiger partial charge in [0.25, 0.3) is 0 Å². The van der Waals surface area contributed by atoms with Crippen LogP contribution in [0.4, 0.5) is 11.4 Å². The Morgan fingerprint density at radius 3 is 2.67 bits per heavy atom. The number of nitrogens with one attached hydrogen (secondary N) is 1. The molecule has 0 saturated carbocycles. The molecule has 1 aliphatic rings. The van der Waals surface area contributed by atoms with E-state index in [-0.39, 0.29) is 12.3 Å². The molecule has 1 aromatic rings. The molecule has 1 amide bonds. The van der Waals surface area contributed by atoms with E-state index in [4.69, 9.17) is 16.9 Å². The van der Waals surface area contributed by atoms with E-state index in [1.54, 1.807) is 6.07 Å². The first-order valence-electron chi connectivity index (χ1n) is 7.07. The summed E-state index contributed by atoms with van der Waals surface area (Å²) in [6.07, 6.45) is -0.154. The molecule has 6 heteroatoms. The second-order valence-corrected chi connectivity index (χ2v) is 5.38. The van der Waals surface area contributed by atoms with Crippen molar-refractivity contribution in [3.8, 4) is 6.07 Å². The topological polar surface area (TPSA) is 59.4 Å². The largest absolute Gasteiger partial charge is 0.368 e. The van der Waals surface area contributed by atoms with Gasteiger partial charge in [-0.15, -0.1) is 0 Å². The van der Waals surface area contributed by atoms with E-state index in [2.05, 4.69) is 22.0 Å². The summed E-state index contributed by atoms with van der Waals surface area (Å²) in [4.78, 5) is 16.0. The molecule has 112 valence electrons. The summed E-state index contributed by atoms with van der Waals surface area (Å²) >= 11 is 6.32. The van der Waals surface area contributed by atoms with Gasteiger partial charge in [0.1, 0.15) is 6.42 Å². The highest BCUT2D eigenvalue weighted by atomic mass is 35.5. The van der Waals surface area contributed by atoms with Crippen molar-refractivity contribution in [2.75, 3.05) is 42.9 Å². The number of rotatable bonds is 4. The van der Waals surface area contributed by atoms with Crippen molar-refractivity contribution in [2.45, 2.75) is 13.3 Å². The minimum Gasteiger partial charge on any atom is -0.368 e. The average molecular weight is 307 g/mol. The highest BCUT2D eigenvalue weighted by Gasteiger charge is 2.18. The molecular formula is C15H19ClN4O. The van der Waals surface area contributed by atoms with E-state index in [1.807, 2.05) is 18.2 Å². The molecule has 1 heterocycles. The third-order valence-electron chi connectivity index (χ3n) is 3.63. The lowest BCUT2D eigenvalue weighted by atomic mass is 10.2. The lowest BCUT2D eigenvalue weighted by molar-refractivity contribution is -0.115. The van der Waals surface area contributed by atoms with Crippen molar-refractivity contribution in [2.24, 2.45) is 0 Å². The standard InChI is InChI=1S/C15H19ClN4O/c1-2-19-7-9-20(10-8-19)14-4-3-12(11-13(14)16)18-15(21)5-6-17/h3-4,11H,2,5,7-10H2,1H3,(H,18,21). The molecule has 1 fully saturated rings. The van der Waals surface area contributed by atoms with Gasteiger partial charge in [0.15, 0.2) is 0 Å². The smallest absolute Gasteiger partial charge is 0.238 e. The number of carbonyl (C=O) groups excluding carboxylic acids is 1. The van der Waals surface area contributed by atoms with Crippen molar-refractivity contribution in [1.82, 2.24) is 4.90 Å². The van der Waals surface area contributed by atoms with Crippen LogP contribution >= 0.6 is 11.6 Å². The van der Waals surface area contributed by atoms with Crippen molar-refractivity contribution < 1.29 is 4.79 Å². The number of nitriles is 1. The fourth-order valence-electron chi connectivity index (χ4n) is 2.42. The molecule has 0 bridgehead atoms. The van der Waals surface area contributed by atoms with Gasteiger partial charge in [-0.25, -0.2) is 0 Å². The Balaban J connectivity index is 2.03. The quantitative estimate of drug-likeness (QED) is 0.927. The predicted octanol–water partition coefficient (Wildman–Crippen LogP) is 2.33. The average Bonchev–Trinajstić information content (AvgIpc) is 2.48. The number of benzene rings is 1. The minimum absolute atomic E-state index is 0.154. The van der Waals surface area contributed by atoms with Gasteiger partial charge in [-0.1, -0.05) is 18.5 Å². The van der Waals surface area contributed by atoms with Gasteiger partial charge in [0.05, 0.1) is 16.8 Å². The maximum atomic E-state index is 11.4. The van der Waals surface area contributed by atoms with Crippen LogP contribution in [0, 0.1) is 11.3 Å². The second kappa shape index (κ2) is 7.30. The monoisotopic (exact) mass is 306 g/mol. The van der Waals surface area contributed by atoms with Crippen LogP contribution in [0.15, 0.2) is 18.2 Å². The van der Waals surface area contributed by atoms with Crippen LogP contribution < -0.4 is 10.2 Å². The SMILES string of the molecule is CCN1CCN(c2ccc(NC(=O)CC#N)cc2Cl)CC1. The molecule has 1 saturated heterocycles. The number of anilines is 2. The fourth-order valence-corrected chi connectivity index (χ4v) is 2.72. The summed E-state index contributed by atoms with van der Waals surface area (Å²) in [6, 6.07) is 7.30. The molecule has 1 aliphatic heterocycles. The first-order valence-corrected chi connectivity index (χ1v) is 7.45. The van der Waals surface area contributed by atoms with Crippen LogP contribution in [-0.2, 0) is 4.79 Å². The molecule has 0 unspecified atom stereocenters. The minimum atomic E-state index is -0.321. The molecule has 0 spiro atoms. The Kier molecular flexibility index (Phi) is 5.43. The highest BCUT2D eigenvalue weighted by molar-refractivity contribution is 6.33. The Bertz CT molecular complexity index is 547. The lowest BCUT2D eigenvalue weighted by Gasteiger charge is -2.36. The summed E-state index contributed by atoms with van der Waals surface area (Å²) in [6.45, 7) is 7.22. The van der Waals surface area contributed by atoms with Crippen molar-refractivity contribution in [3.05, 3.63) is 23.2 Å². The zero-order valence-corrected chi connectivity index (χ0v) is 12.9. The first-order chi connectivity index (χ1) is 10.1. The third kappa shape index (κ3) is 4.10. The van der Waals surface area contributed by atoms with Crippen LogP contribution in [0.3, 0.4) is 0 Å². The van der Waals surface area contributed by atoms with E-state index in [1.165, 1.54) is 0 Å². The Labute approximate surface area is 130 Å². The van der Waals surface area contributed by atoms with Crippen LogP contribution in [0.25, 0.3) is 0 Å². The molecule has 0 aliphatic carbocycles. The molecule has 1 N–H and O–H groups in total. The summed E-state index contributed by atoms with van der Waals surface area (Å²) in [7, 11) is 0. The Morgan fingerprint density at radius 1 is 1.38 bits per heavy atom. The molecule has 5 nitrogen and oxygen atoms in total. The van der Waals surface area contributed by atoms with E-state index in [9.17, 15) is 4.79 Å². The van der Waals surface area contributed by atoms with Crippen LogP contribution in [0.2, 0.25) is 5.02 Å². The van der Waals surface area contributed by atoms with Crippen LogP contribution in [0.1, 0.15) is 13.3 Å². The van der Waals surface area contributed by atoms with E-state index in [0.29, 0.717) is 10.7 Å². The van der Waals surface area contributed by atoms with Gasteiger partial charge in [0.2, 0.25) is 5.91 Å². The zero-order valence-electron chi connectivity index (χ0n) is 12.1. The van der Waals surface area contributed by atoms with Gasteiger partial charge in [-0.05, 0) is 24.7 Å². The number of nitrogens with zero attached hydrogens (tertiary/aromatic N) is 3. The van der Waals surface area contributed by atoms with Gasteiger partial charge < -0.3 is 15.1 Å². The molecule has 21 heavy (non-hydrogen) atoms. The molecule has 0 radical (unpaired) electrons. The second-order valence-electron chi connectivity index (χ2n) is 4.97. The fraction of sp³-hybridized carbons (Fsp3) is 0.467. The molecule has 0 atom stereocenters. The summed E-state index contributed by atoms with van der Waals surface area (Å²) in [5, 5.41) is 11.8. The number of amides is 1. The Morgan fingerprint density at radius 2 is 2.10 bits per heavy atom. The molecule has 2 rings (SSSR count). The van der Waals surface area contributed by atoms with Gasteiger partial charge in [0, 0.05) is 31.9 Å². The van der Waals surface area contributed by atoms with E-state index >= 15 is 0 Å². The maximum Gasteiger partial charge on any atom is 0.238 e.